The summed E-state index contributed by atoms with van der Waals surface area (Å²) in [5, 5.41) is 5.88. The molecule has 30 heavy (non-hydrogen) atoms. The predicted molar refractivity (Wildman–Crippen MR) is 111 cm³/mol. The smallest absolute Gasteiger partial charge is 0.236 e. The lowest BCUT2D eigenvalue weighted by Gasteiger charge is -2.05. The highest BCUT2D eigenvalue weighted by Gasteiger charge is 2.12. The van der Waals surface area contributed by atoms with E-state index in [1.54, 1.807) is 23.5 Å². The van der Waals surface area contributed by atoms with Crippen molar-refractivity contribution in [2.75, 3.05) is 0 Å². The summed E-state index contributed by atoms with van der Waals surface area (Å²) in [4.78, 5) is 14.9. The van der Waals surface area contributed by atoms with E-state index in [2.05, 4.69) is 15.1 Å². The molecule has 0 bridgehead atoms. The number of pyridine rings is 1. The Hall–Kier alpha value is -3.72. The third kappa shape index (κ3) is 4.64. The van der Waals surface area contributed by atoms with Gasteiger partial charge in [0.2, 0.25) is 11.8 Å². The zero-order valence-electron chi connectivity index (χ0n) is 15.9. The molecule has 3 heterocycles. The number of thiophene rings is 1. The number of halogens is 1. The Labute approximate surface area is 175 Å². The van der Waals surface area contributed by atoms with Crippen LogP contribution in [0.3, 0.4) is 0 Å². The Bertz CT molecular complexity index is 1140. The second kappa shape index (κ2) is 8.75. The van der Waals surface area contributed by atoms with Gasteiger partial charge in [0.25, 0.3) is 0 Å². The zero-order chi connectivity index (χ0) is 20.9. The van der Waals surface area contributed by atoms with E-state index in [4.69, 9.17) is 19.7 Å². The first-order chi connectivity index (χ1) is 14.6. The molecule has 0 aliphatic heterocycles. The van der Waals surface area contributed by atoms with Crippen molar-refractivity contribution < 1.29 is 18.4 Å². The van der Waals surface area contributed by atoms with Crippen LogP contribution >= 0.6 is 11.3 Å². The van der Waals surface area contributed by atoms with Crippen molar-refractivity contribution in [3.63, 3.8) is 0 Å². The standard InChI is InChI=1S/C21H17FN4O3S/c1-13-17(25-21(28-13)18-3-2-10-30-18)12-27-26-20(23)14-4-9-19(24-11-14)29-16-7-5-15(22)6-8-16/h2-11H,12H2,1H3,(H2,23,26). The summed E-state index contributed by atoms with van der Waals surface area (Å²) in [6.07, 6.45) is 1.51. The second-order valence-corrected chi connectivity index (χ2v) is 7.14. The van der Waals surface area contributed by atoms with Gasteiger partial charge in [0.05, 0.1) is 4.88 Å². The van der Waals surface area contributed by atoms with Crippen LogP contribution in [0.5, 0.6) is 11.6 Å². The fourth-order valence-corrected chi connectivity index (χ4v) is 3.15. The number of hydrogen-bond donors (Lipinski definition) is 1. The third-order valence-electron chi connectivity index (χ3n) is 4.06. The Morgan fingerprint density at radius 1 is 1.20 bits per heavy atom. The first-order valence-electron chi connectivity index (χ1n) is 8.94. The summed E-state index contributed by atoms with van der Waals surface area (Å²) >= 11 is 1.55. The highest BCUT2D eigenvalue weighted by molar-refractivity contribution is 7.13. The molecule has 0 saturated heterocycles. The maximum Gasteiger partial charge on any atom is 0.236 e. The van der Waals surface area contributed by atoms with Crippen LogP contribution in [-0.2, 0) is 11.4 Å². The number of amidine groups is 1. The van der Waals surface area contributed by atoms with E-state index in [9.17, 15) is 4.39 Å². The number of aryl methyl sites for hydroxylation is 1. The van der Waals surface area contributed by atoms with Gasteiger partial charge in [0.15, 0.2) is 12.4 Å². The topological polar surface area (TPSA) is 95.8 Å². The zero-order valence-corrected chi connectivity index (χ0v) is 16.7. The van der Waals surface area contributed by atoms with Gasteiger partial charge in [-0.25, -0.2) is 14.4 Å². The molecule has 1 aromatic carbocycles. The van der Waals surface area contributed by atoms with E-state index in [0.29, 0.717) is 34.5 Å². The minimum absolute atomic E-state index is 0.126. The SMILES string of the molecule is Cc1oc(-c2cccs2)nc1CO/N=C(/N)c1ccc(Oc2ccc(F)cc2)nc1. The highest BCUT2D eigenvalue weighted by atomic mass is 32.1. The largest absolute Gasteiger partial charge is 0.440 e. The minimum Gasteiger partial charge on any atom is -0.440 e. The number of benzene rings is 1. The van der Waals surface area contributed by atoms with Gasteiger partial charge in [-0.15, -0.1) is 11.3 Å². The molecule has 2 N–H and O–H groups in total. The molecule has 0 radical (unpaired) electrons. The Morgan fingerprint density at radius 3 is 2.73 bits per heavy atom. The molecular formula is C21H17FN4O3S. The Kier molecular flexibility index (Phi) is 5.71. The monoisotopic (exact) mass is 424 g/mol. The Balaban J connectivity index is 1.36. The summed E-state index contributed by atoms with van der Waals surface area (Å²) in [7, 11) is 0. The first kappa shape index (κ1) is 19.6. The van der Waals surface area contributed by atoms with E-state index in [0.717, 1.165) is 4.88 Å². The fraction of sp³-hybridized carbons (Fsp3) is 0.0952. The molecule has 4 aromatic rings. The summed E-state index contributed by atoms with van der Waals surface area (Å²) in [5.74, 6) is 1.87. The minimum atomic E-state index is -0.335. The summed E-state index contributed by atoms with van der Waals surface area (Å²) in [6.45, 7) is 1.94. The number of aromatic nitrogens is 2. The number of rotatable bonds is 7. The number of nitrogens with zero attached hydrogens (tertiary/aromatic N) is 3. The molecule has 0 atom stereocenters. The first-order valence-corrected chi connectivity index (χ1v) is 9.82. The van der Waals surface area contributed by atoms with Crippen molar-refractivity contribution in [3.8, 4) is 22.4 Å². The van der Waals surface area contributed by atoms with Gasteiger partial charge in [-0.3, -0.25) is 0 Å². The molecule has 152 valence electrons. The fourth-order valence-electron chi connectivity index (χ4n) is 2.50. The average Bonchev–Trinajstić information content (AvgIpc) is 3.40. The highest BCUT2D eigenvalue weighted by Crippen LogP contribution is 2.26. The van der Waals surface area contributed by atoms with Crippen LogP contribution in [0.4, 0.5) is 4.39 Å². The van der Waals surface area contributed by atoms with Gasteiger partial charge in [-0.2, -0.15) is 0 Å². The molecule has 0 spiro atoms. The van der Waals surface area contributed by atoms with Crippen molar-refractivity contribution in [1.82, 2.24) is 9.97 Å². The van der Waals surface area contributed by atoms with Crippen LogP contribution < -0.4 is 10.5 Å². The number of ether oxygens (including phenoxy) is 1. The van der Waals surface area contributed by atoms with Crippen molar-refractivity contribution in [3.05, 3.63) is 82.9 Å². The average molecular weight is 424 g/mol. The quantitative estimate of drug-likeness (QED) is 0.258. The van der Waals surface area contributed by atoms with Gasteiger partial charge in [-0.1, -0.05) is 11.2 Å². The van der Waals surface area contributed by atoms with E-state index in [1.165, 1.54) is 30.5 Å². The number of hydrogen-bond acceptors (Lipinski definition) is 7. The molecule has 0 fully saturated rings. The normalized spacial score (nSPS) is 11.5. The molecule has 0 saturated carbocycles. The van der Waals surface area contributed by atoms with Gasteiger partial charge in [0, 0.05) is 17.8 Å². The molecule has 0 aliphatic carbocycles. The van der Waals surface area contributed by atoms with Crippen LogP contribution in [-0.4, -0.2) is 15.8 Å². The summed E-state index contributed by atoms with van der Waals surface area (Å²) in [6, 6.07) is 12.9. The van der Waals surface area contributed by atoms with E-state index >= 15 is 0 Å². The molecule has 3 aromatic heterocycles. The maximum absolute atomic E-state index is 12.9. The van der Waals surface area contributed by atoms with Gasteiger partial charge in [0.1, 0.15) is 23.0 Å². The Morgan fingerprint density at radius 2 is 2.03 bits per heavy atom. The summed E-state index contributed by atoms with van der Waals surface area (Å²) < 4.78 is 24.2. The van der Waals surface area contributed by atoms with Gasteiger partial charge >= 0.3 is 0 Å². The number of nitrogens with two attached hydrogens (primary N) is 1. The number of oxime groups is 1. The molecule has 0 aliphatic rings. The lowest BCUT2D eigenvalue weighted by Crippen LogP contribution is -2.14. The molecule has 4 rings (SSSR count). The molecular weight excluding hydrogens is 407 g/mol. The third-order valence-corrected chi connectivity index (χ3v) is 4.91. The summed E-state index contributed by atoms with van der Waals surface area (Å²) in [5.41, 5.74) is 7.18. The van der Waals surface area contributed by atoms with Crippen molar-refractivity contribution in [2.45, 2.75) is 13.5 Å². The lowest BCUT2D eigenvalue weighted by atomic mass is 10.3. The van der Waals surface area contributed by atoms with Gasteiger partial charge < -0.3 is 19.7 Å². The van der Waals surface area contributed by atoms with E-state index in [1.807, 2.05) is 24.4 Å². The molecule has 9 heteroatoms. The van der Waals surface area contributed by atoms with Crippen LogP contribution in [0.15, 0.2) is 69.7 Å². The van der Waals surface area contributed by atoms with Crippen LogP contribution in [0, 0.1) is 12.7 Å². The van der Waals surface area contributed by atoms with Crippen LogP contribution in [0.2, 0.25) is 0 Å². The lowest BCUT2D eigenvalue weighted by molar-refractivity contribution is 0.127. The maximum atomic E-state index is 12.9. The van der Waals surface area contributed by atoms with Crippen molar-refractivity contribution in [2.24, 2.45) is 10.9 Å². The molecule has 0 unspecified atom stereocenters. The molecule has 7 nitrogen and oxygen atoms in total. The number of oxazole rings is 1. The predicted octanol–water partition coefficient (Wildman–Crippen LogP) is 4.88. The molecule has 0 amide bonds. The van der Waals surface area contributed by atoms with Gasteiger partial charge in [-0.05, 0) is 48.7 Å². The van der Waals surface area contributed by atoms with Crippen molar-refractivity contribution in [1.29, 1.82) is 0 Å². The van der Waals surface area contributed by atoms with E-state index < -0.39 is 0 Å². The van der Waals surface area contributed by atoms with Crippen molar-refractivity contribution >= 4 is 17.2 Å². The van der Waals surface area contributed by atoms with Crippen LogP contribution in [0.1, 0.15) is 17.0 Å². The van der Waals surface area contributed by atoms with E-state index in [-0.39, 0.29) is 18.3 Å². The van der Waals surface area contributed by atoms with Crippen LogP contribution in [0.25, 0.3) is 10.8 Å². The second-order valence-electron chi connectivity index (χ2n) is 6.19.